The number of anilines is 1. The van der Waals surface area contributed by atoms with Gasteiger partial charge in [0, 0.05) is 17.1 Å². The molecule has 0 aliphatic carbocycles. The first-order chi connectivity index (χ1) is 13.5. The van der Waals surface area contributed by atoms with Gasteiger partial charge in [-0.1, -0.05) is 47.7 Å². The smallest absolute Gasteiger partial charge is 0.308 e. The average molecular weight is 392 g/mol. The van der Waals surface area contributed by atoms with Crippen LogP contribution in [0, 0.1) is 0 Å². The minimum absolute atomic E-state index is 0.00719. The molecule has 28 heavy (non-hydrogen) atoms. The quantitative estimate of drug-likeness (QED) is 0.530. The van der Waals surface area contributed by atoms with Gasteiger partial charge in [-0.3, -0.25) is 14.2 Å². The predicted octanol–water partition coefficient (Wildman–Crippen LogP) is 4.81. The molecule has 0 unspecified atom stereocenters. The number of nitrogens with zero attached hydrogens (tertiary/aromatic N) is 1. The number of fused-ring (bicyclic) bond motifs is 2. The van der Waals surface area contributed by atoms with Gasteiger partial charge in [0.25, 0.3) is 5.91 Å². The number of nitrogens with one attached hydrogen (secondary N) is 1. The second kappa shape index (κ2) is 7.48. The van der Waals surface area contributed by atoms with Crippen LogP contribution in [0.4, 0.5) is 5.69 Å². The molecular formula is C22H20N2O3S. The highest BCUT2D eigenvalue weighted by molar-refractivity contribution is 7.16. The molecule has 4 aromatic rings. The number of aromatic nitrogens is 1. The first-order valence-electron chi connectivity index (χ1n) is 9.08. The summed E-state index contributed by atoms with van der Waals surface area (Å²) < 4.78 is 8.34. The maximum Gasteiger partial charge on any atom is 0.308 e. The van der Waals surface area contributed by atoms with Crippen molar-refractivity contribution >= 4 is 43.9 Å². The van der Waals surface area contributed by atoms with E-state index in [9.17, 15) is 9.59 Å². The molecule has 1 N–H and O–H groups in total. The van der Waals surface area contributed by atoms with Gasteiger partial charge in [0.2, 0.25) is 0 Å². The molecule has 1 aromatic heterocycles. The Hall–Kier alpha value is -3.12. The fourth-order valence-electron chi connectivity index (χ4n) is 3.27. The third kappa shape index (κ3) is 3.51. The van der Waals surface area contributed by atoms with Crippen LogP contribution in [-0.2, 0) is 4.79 Å². The zero-order valence-corrected chi connectivity index (χ0v) is 16.5. The largest absolute Gasteiger partial charge is 0.483 e. The van der Waals surface area contributed by atoms with Gasteiger partial charge >= 0.3 is 4.87 Å². The van der Waals surface area contributed by atoms with Crippen LogP contribution in [0.3, 0.4) is 0 Å². The molecule has 3 aromatic carbocycles. The summed E-state index contributed by atoms with van der Waals surface area (Å²) in [6.45, 7) is 3.87. The fraction of sp³-hybridized carbons (Fsp3) is 0.182. The van der Waals surface area contributed by atoms with E-state index in [1.807, 2.05) is 74.5 Å². The molecule has 1 amide bonds. The van der Waals surface area contributed by atoms with E-state index in [0.717, 1.165) is 21.0 Å². The highest BCUT2D eigenvalue weighted by atomic mass is 32.1. The lowest BCUT2D eigenvalue weighted by atomic mass is 10.1. The van der Waals surface area contributed by atoms with Gasteiger partial charge in [-0.05, 0) is 43.5 Å². The molecule has 0 bridgehead atoms. The van der Waals surface area contributed by atoms with Crippen LogP contribution in [-0.4, -0.2) is 17.1 Å². The lowest BCUT2D eigenvalue weighted by Gasteiger charge is -2.10. The van der Waals surface area contributed by atoms with Gasteiger partial charge in [-0.15, -0.1) is 0 Å². The first-order valence-corrected chi connectivity index (χ1v) is 9.90. The number of amides is 1. The van der Waals surface area contributed by atoms with Crippen LogP contribution in [0.5, 0.6) is 5.75 Å². The molecule has 1 heterocycles. The number of hydrogen-bond donors (Lipinski definition) is 1. The van der Waals surface area contributed by atoms with Crippen molar-refractivity contribution in [1.29, 1.82) is 0 Å². The molecule has 0 saturated carbocycles. The standard InChI is InChI=1S/C22H20N2O3S/c1-14(2)24-18-11-10-16(12-20(18)28-22(24)26)23-21(25)13-27-19-9-5-7-15-6-3-4-8-17(15)19/h3-12,14H,13H2,1-2H3,(H,23,25). The highest BCUT2D eigenvalue weighted by Crippen LogP contribution is 2.26. The predicted molar refractivity (Wildman–Crippen MR) is 115 cm³/mol. The number of carbonyl (C=O) groups excluding carboxylic acids is 1. The molecule has 5 nitrogen and oxygen atoms in total. The summed E-state index contributed by atoms with van der Waals surface area (Å²) in [5, 5.41) is 4.88. The Morgan fingerprint density at radius 3 is 2.71 bits per heavy atom. The molecule has 0 fully saturated rings. The first kappa shape index (κ1) is 18.3. The Morgan fingerprint density at radius 2 is 1.89 bits per heavy atom. The van der Waals surface area contributed by atoms with E-state index in [0.29, 0.717) is 11.4 Å². The van der Waals surface area contributed by atoms with Crippen molar-refractivity contribution in [2.75, 3.05) is 11.9 Å². The molecule has 0 radical (unpaired) electrons. The minimum Gasteiger partial charge on any atom is -0.483 e. The summed E-state index contributed by atoms with van der Waals surface area (Å²) in [6, 6.07) is 19.3. The van der Waals surface area contributed by atoms with Crippen molar-refractivity contribution in [2.24, 2.45) is 0 Å². The SMILES string of the molecule is CC(C)n1c(=O)sc2cc(NC(=O)COc3cccc4ccccc34)ccc21. The third-order valence-corrected chi connectivity index (χ3v) is 5.44. The molecule has 0 spiro atoms. The van der Waals surface area contributed by atoms with E-state index in [-0.39, 0.29) is 23.4 Å². The Morgan fingerprint density at radius 1 is 1.11 bits per heavy atom. The Kier molecular flexibility index (Phi) is 4.88. The summed E-state index contributed by atoms with van der Waals surface area (Å²) in [4.78, 5) is 24.5. The molecule has 4 rings (SSSR count). The lowest BCUT2D eigenvalue weighted by Crippen LogP contribution is -2.20. The van der Waals surface area contributed by atoms with Gasteiger partial charge in [-0.2, -0.15) is 0 Å². The van der Waals surface area contributed by atoms with Crippen LogP contribution in [0.25, 0.3) is 21.0 Å². The number of hydrogen-bond acceptors (Lipinski definition) is 4. The summed E-state index contributed by atoms with van der Waals surface area (Å²) in [5.41, 5.74) is 1.53. The van der Waals surface area contributed by atoms with E-state index in [1.165, 1.54) is 11.3 Å². The van der Waals surface area contributed by atoms with Gasteiger partial charge < -0.3 is 10.1 Å². The molecule has 142 valence electrons. The van der Waals surface area contributed by atoms with Gasteiger partial charge in [0.05, 0.1) is 10.2 Å². The molecule has 6 heteroatoms. The maximum atomic E-state index is 12.3. The average Bonchev–Trinajstić information content (AvgIpc) is 3.01. The zero-order valence-electron chi connectivity index (χ0n) is 15.6. The third-order valence-electron chi connectivity index (χ3n) is 4.52. The van der Waals surface area contributed by atoms with Crippen molar-refractivity contribution < 1.29 is 9.53 Å². The van der Waals surface area contributed by atoms with Gasteiger partial charge in [-0.25, -0.2) is 0 Å². The lowest BCUT2D eigenvalue weighted by molar-refractivity contribution is -0.118. The van der Waals surface area contributed by atoms with E-state index in [2.05, 4.69) is 5.32 Å². The highest BCUT2D eigenvalue weighted by Gasteiger charge is 2.12. The molecular weight excluding hydrogens is 372 g/mol. The van der Waals surface area contributed by atoms with E-state index < -0.39 is 0 Å². The van der Waals surface area contributed by atoms with Crippen molar-refractivity contribution in [1.82, 2.24) is 4.57 Å². The zero-order chi connectivity index (χ0) is 19.7. The van der Waals surface area contributed by atoms with E-state index >= 15 is 0 Å². The van der Waals surface area contributed by atoms with Crippen molar-refractivity contribution in [2.45, 2.75) is 19.9 Å². The summed E-state index contributed by atoms with van der Waals surface area (Å²) in [5.74, 6) is 0.429. The summed E-state index contributed by atoms with van der Waals surface area (Å²) in [7, 11) is 0. The van der Waals surface area contributed by atoms with Crippen molar-refractivity contribution in [3.8, 4) is 5.75 Å². The molecule has 0 aliphatic heterocycles. The van der Waals surface area contributed by atoms with Gasteiger partial charge in [0.1, 0.15) is 5.75 Å². The molecule has 0 atom stereocenters. The maximum absolute atomic E-state index is 12.3. The van der Waals surface area contributed by atoms with Crippen molar-refractivity contribution in [3.05, 3.63) is 70.3 Å². The van der Waals surface area contributed by atoms with Crippen LogP contribution in [0.1, 0.15) is 19.9 Å². The van der Waals surface area contributed by atoms with E-state index in [4.69, 9.17) is 4.74 Å². The summed E-state index contributed by atoms with van der Waals surface area (Å²) in [6.07, 6.45) is 0. The number of ether oxygens (including phenoxy) is 1. The normalized spacial score (nSPS) is 11.2. The van der Waals surface area contributed by atoms with Crippen LogP contribution in [0.15, 0.2) is 65.5 Å². The number of carbonyl (C=O) groups is 1. The Balaban J connectivity index is 1.48. The van der Waals surface area contributed by atoms with Gasteiger partial charge in [0.15, 0.2) is 6.61 Å². The number of thiazole rings is 1. The Bertz CT molecular complexity index is 1220. The van der Waals surface area contributed by atoms with Crippen LogP contribution in [0.2, 0.25) is 0 Å². The van der Waals surface area contributed by atoms with Crippen LogP contribution >= 0.6 is 11.3 Å². The second-order valence-corrected chi connectivity index (χ2v) is 7.82. The minimum atomic E-state index is -0.247. The van der Waals surface area contributed by atoms with E-state index in [1.54, 1.807) is 4.57 Å². The second-order valence-electron chi connectivity index (χ2n) is 6.83. The fourth-order valence-corrected chi connectivity index (χ4v) is 4.32. The topological polar surface area (TPSA) is 60.3 Å². The molecule has 0 saturated heterocycles. The van der Waals surface area contributed by atoms with Crippen LogP contribution < -0.4 is 14.9 Å². The monoisotopic (exact) mass is 392 g/mol. The van der Waals surface area contributed by atoms with Crippen molar-refractivity contribution in [3.63, 3.8) is 0 Å². The number of benzene rings is 3. The summed E-state index contributed by atoms with van der Waals surface area (Å²) >= 11 is 1.18. The Labute approximate surface area is 166 Å². The number of rotatable bonds is 5. The molecule has 0 aliphatic rings.